The van der Waals surface area contributed by atoms with Crippen molar-refractivity contribution in [3.05, 3.63) is 0 Å². The summed E-state index contributed by atoms with van der Waals surface area (Å²) in [5.41, 5.74) is 0. The molecule has 0 radical (unpaired) electrons. The van der Waals surface area contributed by atoms with Crippen LogP contribution < -0.4 is 10.6 Å². The van der Waals surface area contributed by atoms with E-state index in [1.807, 2.05) is 0 Å². The van der Waals surface area contributed by atoms with Gasteiger partial charge in [0.2, 0.25) is 0 Å². The average Bonchev–Trinajstić information content (AvgIpc) is 2.39. The number of ether oxygens (including phenoxy) is 1. The molecule has 5 heteroatoms. The summed E-state index contributed by atoms with van der Waals surface area (Å²) in [4.78, 5) is 22.8. The molecule has 0 spiro atoms. The van der Waals surface area contributed by atoms with Gasteiger partial charge in [-0.15, -0.1) is 0 Å². The molecule has 1 saturated heterocycles. The molecule has 0 aromatic heterocycles. The predicted octanol–water partition coefficient (Wildman–Crippen LogP) is 1.37. The Morgan fingerprint density at radius 3 is 2.42 bits per heavy atom. The highest BCUT2D eigenvalue weighted by atomic mass is 16.5. The van der Waals surface area contributed by atoms with Crippen LogP contribution in [0.5, 0.6) is 0 Å². The van der Waals surface area contributed by atoms with Crippen LogP contribution in [0.15, 0.2) is 0 Å². The van der Waals surface area contributed by atoms with E-state index in [9.17, 15) is 9.59 Å². The van der Waals surface area contributed by atoms with Crippen molar-refractivity contribution in [2.24, 2.45) is 0 Å². The lowest BCUT2D eigenvalue weighted by molar-refractivity contribution is -0.143. The van der Waals surface area contributed by atoms with Gasteiger partial charge in [-0.2, -0.15) is 0 Å². The van der Waals surface area contributed by atoms with E-state index in [1.165, 1.54) is 19.3 Å². The molecule has 1 heterocycles. The molecule has 0 unspecified atom stereocenters. The third-order valence-corrected chi connectivity index (χ3v) is 3.22. The Balaban J connectivity index is 2.22. The molecular formula is C14H26N2O3. The number of hydrogen-bond acceptors (Lipinski definition) is 5. The molecule has 2 N–H and O–H groups in total. The van der Waals surface area contributed by atoms with Crippen LogP contribution in [0.3, 0.4) is 0 Å². The normalized spacial score (nSPS) is 22.5. The van der Waals surface area contributed by atoms with Gasteiger partial charge in [0.25, 0.3) is 0 Å². The molecule has 5 nitrogen and oxygen atoms in total. The van der Waals surface area contributed by atoms with Gasteiger partial charge in [0.1, 0.15) is 5.78 Å². The standard InChI is InChI=1S/C14H26N2O3/c17-13-7-5-3-1-2-4-6-9-15-12-16-11-14(18)19-10-8-13/h15-16H,1-12H2. The lowest BCUT2D eigenvalue weighted by atomic mass is 10.1. The molecule has 0 atom stereocenters. The zero-order valence-electron chi connectivity index (χ0n) is 11.7. The highest BCUT2D eigenvalue weighted by Gasteiger charge is 2.06. The maximum absolute atomic E-state index is 11.5. The van der Waals surface area contributed by atoms with Crippen molar-refractivity contribution in [2.45, 2.75) is 51.4 Å². The van der Waals surface area contributed by atoms with Crippen LogP contribution >= 0.6 is 0 Å². The van der Waals surface area contributed by atoms with Crippen molar-refractivity contribution >= 4 is 11.8 Å². The van der Waals surface area contributed by atoms with Crippen molar-refractivity contribution in [3.8, 4) is 0 Å². The van der Waals surface area contributed by atoms with Crippen molar-refractivity contribution < 1.29 is 14.3 Å². The molecule has 19 heavy (non-hydrogen) atoms. The zero-order valence-corrected chi connectivity index (χ0v) is 11.7. The summed E-state index contributed by atoms with van der Waals surface area (Å²) < 4.78 is 4.99. The maximum atomic E-state index is 11.5. The lowest BCUT2D eigenvalue weighted by Gasteiger charge is -2.07. The van der Waals surface area contributed by atoms with E-state index in [0.29, 0.717) is 19.5 Å². The Kier molecular flexibility index (Phi) is 9.27. The number of cyclic esters (lactones) is 1. The van der Waals surface area contributed by atoms with Crippen LogP contribution in [0.1, 0.15) is 51.4 Å². The van der Waals surface area contributed by atoms with E-state index in [-0.39, 0.29) is 24.9 Å². The molecule has 1 rings (SSSR count). The minimum Gasteiger partial charge on any atom is -0.464 e. The van der Waals surface area contributed by atoms with Crippen molar-refractivity contribution in [1.29, 1.82) is 0 Å². The van der Waals surface area contributed by atoms with Gasteiger partial charge in [0.15, 0.2) is 0 Å². The molecule has 110 valence electrons. The van der Waals surface area contributed by atoms with Gasteiger partial charge >= 0.3 is 5.97 Å². The summed E-state index contributed by atoms with van der Waals surface area (Å²) >= 11 is 0. The van der Waals surface area contributed by atoms with E-state index in [4.69, 9.17) is 4.74 Å². The summed E-state index contributed by atoms with van der Waals surface area (Å²) in [7, 11) is 0. The molecule has 1 aliphatic heterocycles. The fraction of sp³-hybridized carbons (Fsp3) is 0.857. The van der Waals surface area contributed by atoms with Gasteiger partial charge in [-0.1, -0.05) is 25.7 Å². The first-order valence-corrected chi connectivity index (χ1v) is 7.38. The molecule has 0 saturated carbocycles. The third kappa shape index (κ3) is 9.62. The van der Waals surface area contributed by atoms with E-state index in [2.05, 4.69) is 10.6 Å². The van der Waals surface area contributed by atoms with E-state index < -0.39 is 0 Å². The smallest absolute Gasteiger partial charge is 0.319 e. The van der Waals surface area contributed by atoms with Gasteiger partial charge in [0.05, 0.1) is 13.2 Å². The van der Waals surface area contributed by atoms with Gasteiger partial charge in [-0.25, -0.2) is 0 Å². The Labute approximate surface area is 115 Å². The Bertz CT molecular complexity index is 243. The largest absolute Gasteiger partial charge is 0.464 e. The molecule has 0 aromatic carbocycles. The Morgan fingerprint density at radius 1 is 0.842 bits per heavy atom. The first kappa shape index (κ1) is 16.1. The van der Waals surface area contributed by atoms with Crippen LogP contribution in [0.4, 0.5) is 0 Å². The number of ketones is 1. The van der Waals surface area contributed by atoms with Crippen molar-refractivity contribution in [1.82, 2.24) is 10.6 Å². The summed E-state index contributed by atoms with van der Waals surface area (Å²) in [6.07, 6.45) is 7.90. The maximum Gasteiger partial charge on any atom is 0.319 e. The quantitative estimate of drug-likeness (QED) is 0.651. The number of esters is 1. The number of carbonyl (C=O) groups excluding carboxylic acids is 2. The molecule has 0 aliphatic carbocycles. The molecule has 0 amide bonds. The molecular weight excluding hydrogens is 244 g/mol. The SMILES string of the molecule is O=C1CCCCCCCCNCNCC(=O)OCC1. The zero-order chi connectivity index (χ0) is 13.8. The highest BCUT2D eigenvalue weighted by Crippen LogP contribution is 2.08. The summed E-state index contributed by atoms with van der Waals surface area (Å²) in [5, 5.41) is 6.20. The predicted molar refractivity (Wildman–Crippen MR) is 73.8 cm³/mol. The van der Waals surface area contributed by atoms with Crippen LogP contribution in [0, 0.1) is 0 Å². The van der Waals surface area contributed by atoms with E-state index >= 15 is 0 Å². The lowest BCUT2D eigenvalue weighted by Crippen LogP contribution is -2.34. The monoisotopic (exact) mass is 270 g/mol. The summed E-state index contributed by atoms with van der Waals surface area (Å²) in [5.74, 6) is -0.0920. The first-order chi connectivity index (χ1) is 9.29. The topological polar surface area (TPSA) is 67.4 Å². The third-order valence-electron chi connectivity index (χ3n) is 3.22. The van der Waals surface area contributed by atoms with Crippen LogP contribution in [0.25, 0.3) is 0 Å². The fourth-order valence-corrected chi connectivity index (χ4v) is 2.08. The number of nitrogens with one attached hydrogen (secondary N) is 2. The second kappa shape index (κ2) is 10.9. The number of hydrogen-bond donors (Lipinski definition) is 2. The minimum atomic E-state index is -0.293. The van der Waals surface area contributed by atoms with Crippen molar-refractivity contribution in [3.63, 3.8) is 0 Å². The van der Waals surface area contributed by atoms with Gasteiger partial charge in [-0.3, -0.25) is 14.9 Å². The Morgan fingerprint density at radius 2 is 1.58 bits per heavy atom. The molecule has 0 bridgehead atoms. The molecule has 1 fully saturated rings. The van der Waals surface area contributed by atoms with Gasteiger partial charge in [-0.05, 0) is 19.4 Å². The Hall–Kier alpha value is -0.940. The second-order valence-corrected chi connectivity index (χ2v) is 4.98. The number of rotatable bonds is 0. The average molecular weight is 270 g/mol. The molecule has 0 aromatic rings. The second-order valence-electron chi connectivity index (χ2n) is 4.98. The number of carbonyl (C=O) groups is 2. The fourth-order valence-electron chi connectivity index (χ4n) is 2.08. The van der Waals surface area contributed by atoms with Crippen molar-refractivity contribution in [2.75, 3.05) is 26.4 Å². The van der Waals surface area contributed by atoms with Gasteiger partial charge < -0.3 is 10.1 Å². The van der Waals surface area contributed by atoms with Crippen LogP contribution in [-0.4, -0.2) is 38.1 Å². The van der Waals surface area contributed by atoms with Crippen LogP contribution in [0.2, 0.25) is 0 Å². The molecule has 1 aliphatic rings. The van der Waals surface area contributed by atoms with Crippen LogP contribution in [-0.2, 0) is 14.3 Å². The van der Waals surface area contributed by atoms with E-state index in [0.717, 1.165) is 25.8 Å². The van der Waals surface area contributed by atoms with E-state index in [1.54, 1.807) is 0 Å². The number of Topliss-reactive ketones (excluding diaryl/α,β-unsaturated/α-hetero) is 1. The minimum absolute atomic E-state index is 0.196. The summed E-state index contributed by atoms with van der Waals surface area (Å²) in [6, 6.07) is 0. The first-order valence-electron chi connectivity index (χ1n) is 7.38. The highest BCUT2D eigenvalue weighted by molar-refractivity contribution is 5.79. The van der Waals surface area contributed by atoms with Gasteiger partial charge in [0, 0.05) is 19.5 Å². The summed E-state index contributed by atoms with van der Waals surface area (Å²) in [6.45, 7) is 2.00.